The van der Waals surface area contributed by atoms with Gasteiger partial charge in [-0.15, -0.1) is 5.11 Å². The van der Waals surface area contributed by atoms with Crippen LogP contribution in [0.25, 0.3) is 21.8 Å². The Morgan fingerprint density at radius 3 is 2.18 bits per heavy atom. The highest BCUT2D eigenvalue weighted by molar-refractivity contribution is 6.11. The van der Waals surface area contributed by atoms with E-state index in [0.717, 1.165) is 22.8 Å². The van der Waals surface area contributed by atoms with Crippen molar-refractivity contribution in [2.45, 2.75) is 34.2 Å². The molecule has 0 spiro atoms. The molecule has 0 amide bonds. The molecule has 0 radical (unpaired) electrons. The molecule has 4 aromatic rings. The molecule has 0 aliphatic carbocycles. The third-order valence-electron chi connectivity index (χ3n) is 6.00. The number of amidine groups is 1. The Morgan fingerprint density at radius 1 is 0.857 bits per heavy atom. The van der Waals surface area contributed by atoms with Gasteiger partial charge in [-0.1, -0.05) is 24.3 Å². The van der Waals surface area contributed by atoms with Crippen molar-refractivity contribution in [2.24, 2.45) is 5.11 Å². The molecule has 3 aromatic carbocycles. The zero-order valence-corrected chi connectivity index (χ0v) is 16.7. The minimum atomic E-state index is -0.0141. The van der Waals surface area contributed by atoms with E-state index in [2.05, 4.69) is 67.7 Å². The normalized spacial score (nSPS) is 11.3. The van der Waals surface area contributed by atoms with Crippen LogP contribution in [0.15, 0.2) is 53.6 Å². The van der Waals surface area contributed by atoms with Crippen molar-refractivity contribution in [3.05, 3.63) is 81.9 Å². The van der Waals surface area contributed by atoms with Crippen molar-refractivity contribution in [2.75, 3.05) is 0 Å². The van der Waals surface area contributed by atoms with Gasteiger partial charge in [0.2, 0.25) is 0 Å². The van der Waals surface area contributed by atoms with Gasteiger partial charge in [-0.05, 0) is 79.8 Å². The van der Waals surface area contributed by atoms with Crippen LogP contribution < -0.4 is 0 Å². The van der Waals surface area contributed by atoms with Crippen LogP contribution in [0, 0.1) is 38.6 Å². The molecule has 1 heterocycles. The van der Waals surface area contributed by atoms with E-state index in [1.807, 2.05) is 18.2 Å². The molecule has 0 aliphatic heterocycles. The number of aryl methyl sites for hydroxylation is 2. The quantitative estimate of drug-likeness (QED) is 0.238. The van der Waals surface area contributed by atoms with Crippen LogP contribution in [0.2, 0.25) is 0 Å². The number of fused-ring (bicyclic) bond motifs is 3. The lowest BCUT2D eigenvalue weighted by Crippen LogP contribution is -2.06. The number of nitrogens with one attached hydrogen (secondary N) is 2. The number of aromatic nitrogens is 1. The number of hydrogen-bond acceptors (Lipinski definition) is 2. The average Bonchev–Trinajstić information content (AvgIpc) is 3.02. The van der Waals surface area contributed by atoms with E-state index in [1.165, 1.54) is 33.3 Å². The van der Waals surface area contributed by atoms with Crippen LogP contribution in [0.4, 0.5) is 0 Å². The number of rotatable bonds is 3. The van der Waals surface area contributed by atoms with Crippen molar-refractivity contribution in [3.63, 3.8) is 0 Å². The minimum Gasteiger partial charge on any atom is -0.336 e. The molecule has 0 atom stereocenters. The SMILES string of the molecule is Cc1cc(C)c(C)c(Cn2c3ccccc3c3cc(C(=N)N=N)ccc32)c1C. The molecule has 1 aromatic heterocycles. The molecule has 0 aliphatic rings. The zero-order chi connectivity index (χ0) is 20.0. The molecule has 0 bridgehead atoms. The van der Waals surface area contributed by atoms with Crippen LogP contribution in [0.3, 0.4) is 0 Å². The van der Waals surface area contributed by atoms with Gasteiger partial charge in [0, 0.05) is 33.9 Å². The van der Waals surface area contributed by atoms with Crippen LogP contribution in [0.5, 0.6) is 0 Å². The second kappa shape index (κ2) is 6.71. The highest BCUT2D eigenvalue weighted by Crippen LogP contribution is 2.32. The predicted molar refractivity (Wildman–Crippen MR) is 116 cm³/mol. The van der Waals surface area contributed by atoms with Gasteiger partial charge in [-0.3, -0.25) is 5.41 Å². The highest BCUT2D eigenvalue weighted by Gasteiger charge is 2.15. The molecule has 140 valence electrons. The summed E-state index contributed by atoms with van der Waals surface area (Å²) in [6.45, 7) is 9.59. The topological polar surface area (TPSA) is 65.0 Å². The van der Waals surface area contributed by atoms with E-state index in [-0.39, 0.29) is 5.84 Å². The number of hydrogen-bond donors (Lipinski definition) is 2. The Bertz CT molecular complexity index is 1230. The Hall–Kier alpha value is -3.27. The summed E-state index contributed by atoms with van der Waals surface area (Å²) in [6.07, 6.45) is 0. The van der Waals surface area contributed by atoms with Crippen molar-refractivity contribution in [1.82, 2.24) is 4.57 Å². The molecule has 4 nitrogen and oxygen atoms in total. The Morgan fingerprint density at radius 2 is 1.50 bits per heavy atom. The summed E-state index contributed by atoms with van der Waals surface area (Å²) in [5.41, 5.74) is 16.9. The number of nitrogens with zero attached hydrogens (tertiary/aromatic N) is 2. The van der Waals surface area contributed by atoms with Gasteiger partial charge < -0.3 is 4.57 Å². The fourth-order valence-corrected chi connectivity index (χ4v) is 4.13. The number of para-hydroxylation sites is 1. The molecule has 0 saturated heterocycles. The first-order valence-electron chi connectivity index (χ1n) is 9.46. The Labute approximate surface area is 164 Å². The second-order valence-corrected chi connectivity index (χ2v) is 7.53. The molecule has 2 N–H and O–H groups in total. The Balaban J connectivity index is 2.00. The van der Waals surface area contributed by atoms with Crippen LogP contribution in [0.1, 0.15) is 33.4 Å². The summed E-state index contributed by atoms with van der Waals surface area (Å²) in [5.74, 6) is -0.0141. The fourth-order valence-electron chi connectivity index (χ4n) is 4.13. The average molecular weight is 368 g/mol. The third kappa shape index (κ3) is 2.73. The molecule has 4 heteroatoms. The van der Waals surface area contributed by atoms with Crippen LogP contribution in [-0.4, -0.2) is 10.4 Å². The molecule has 0 unspecified atom stereocenters. The van der Waals surface area contributed by atoms with Gasteiger partial charge in [0.1, 0.15) is 0 Å². The fraction of sp³-hybridized carbons (Fsp3) is 0.208. The lowest BCUT2D eigenvalue weighted by atomic mass is 9.94. The van der Waals surface area contributed by atoms with E-state index in [9.17, 15) is 0 Å². The molecular weight excluding hydrogens is 344 g/mol. The van der Waals surface area contributed by atoms with E-state index in [1.54, 1.807) is 0 Å². The van der Waals surface area contributed by atoms with E-state index < -0.39 is 0 Å². The maximum atomic E-state index is 7.89. The van der Waals surface area contributed by atoms with E-state index >= 15 is 0 Å². The largest absolute Gasteiger partial charge is 0.336 e. The van der Waals surface area contributed by atoms with Gasteiger partial charge in [0.25, 0.3) is 0 Å². The summed E-state index contributed by atoms with van der Waals surface area (Å²) in [5, 5.41) is 13.4. The van der Waals surface area contributed by atoms with Crippen molar-refractivity contribution >= 4 is 27.6 Å². The summed E-state index contributed by atoms with van der Waals surface area (Å²) in [6, 6.07) is 16.6. The van der Waals surface area contributed by atoms with E-state index in [4.69, 9.17) is 10.9 Å². The Kier molecular flexibility index (Phi) is 4.34. The summed E-state index contributed by atoms with van der Waals surface area (Å²) in [7, 11) is 0. The standard InChI is InChI=1S/C24H24N4/c1-14-11-15(2)17(4)21(16(14)3)13-28-22-8-6-5-7-19(22)20-12-18(24(25)27-26)9-10-23(20)28/h5-12,25-26H,13H2,1-4H3. The lowest BCUT2D eigenvalue weighted by molar-refractivity contribution is 0.848. The smallest absolute Gasteiger partial charge is 0.173 e. The molecule has 0 saturated carbocycles. The molecular formula is C24H24N4. The van der Waals surface area contributed by atoms with Gasteiger partial charge in [-0.2, -0.15) is 0 Å². The first-order chi connectivity index (χ1) is 13.4. The van der Waals surface area contributed by atoms with Crippen LogP contribution >= 0.6 is 0 Å². The van der Waals surface area contributed by atoms with Crippen molar-refractivity contribution < 1.29 is 0 Å². The van der Waals surface area contributed by atoms with Crippen molar-refractivity contribution in [3.8, 4) is 0 Å². The van der Waals surface area contributed by atoms with Crippen molar-refractivity contribution in [1.29, 1.82) is 10.9 Å². The second-order valence-electron chi connectivity index (χ2n) is 7.53. The predicted octanol–water partition coefficient (Wildman–Crippen LogP) is 6.43. The first kappa shape index (κ1) is 18.1. The monoisotopic (exact) mass is 368 g/mol. The lowest BCUT2D eigenvalue weighted by Gasteiger charge is -2.17. The van der Waals surface area contributed by atoms with Crippen LogP contribution in [-0.2, 0) is 6.54 Å². The maximum absolute atomic E-state index is 7.89. The molecule has 0 fully saturated rings. The van der Waals surface area contributed by atoms with Gasteiger partial charge >= 0.3 is 0 Å². The van der Waals surface area contributed by atoms with E-state index in [0.29, 0.717) is 5.56 Å². The first-order valence-corrected chi connectivity index (χ1v) is 9.46. The minimum absolute atomic E-state index is 0.0141. The molecule has 28 heavy (non-hydrogen) atoms. The third-order valence-corrected chi connectivity index (χ3v) is 6.00. The van der Waals surface area contributed by atoms with Gasteiger partial charge in [-0.25, -0.2) is 5.53 Å². The van der Waals surface area contributed by atoms with Gasteiger partial charge in [0.15, 0.2) is 5.84 Å². The van der Waals surface area contributed by atoms with Gasteiger partial charge in [0.05, 0.1) is 0 Å². The summed E-state index contributed by atoms with van der Waals surface area (Å²) in [4.78, 5) is 0. The zero-order valence-electron chi connectivity index (χ0n) is 16.7. The molecule has 4 rings (SSSR count). The number of benzene rings is 3. The highest BCUT2D eigenvalue weighted by atomic mass is 15.0. The summed E-state index contributed by atoms with van der Waals surface area (Å²) < 4.78 is 2.37. The maximum Gasteiger partial charge on any atom is 0.173 e. The summed E-state index contributed by atoms with van der Waals surface area (Å²) >= 11 is 0.